The predicted molar refractivity (Wildman–Crippen MR) is 85.1 cm³/mol. The van der Waals surface area contributed by atoms with Crippen LogP contribution < -0.4 is 10.1 Å². The summed E-state index contributed by atoms with van der Waals surface area (Å²) in [7, 11) is 3.76. The number of ether oxygens (including phenoxy) is 1. The highest BCUT2D eigenvalue weighted by Crippen LogP contribution is 2.19. The van der Waals surface area contributed by atoms with Gasteiger partial charge in [0.25, 0.3) is 5.88 Å². The smallest absolute Gasteiger partial charge is 0.278 e. The van der Waals surface area contributed by atoms with E-state index in [0.717, 1.165) is 11.1 Å². The zero-order chi connectivity index (χ0) is 16.8. The van der Waals surface area contributed by atoms with Crippen molar-refractivity contribution in [3.63, 3.8) is 0 Å². The van der Waals surface area contributed by atoms with Crippen LogP contribution in [-0.2, 0) is 4.79 Å². The fraction of sp³-hybridized carbons (Fsp3) is 0.438. The molecule has 0 saturated heterocycles. The average Bonchev–Trinajstić information content (AvgIpc) is 2.91. The zero-order valence-corrected chi connectivity index (χ0v) is 13.9. The third-order valence-electron chi connectivity index (χ3n) is 3.41. The number of carbonyl (C=O) groups excluding carboxylic acids is 1. The van der Waals surface area contributed by atoms with E-state index in [1.54, 1.807) is 6.92 Å². The van der Waals surface area contributed by atoms with Crippen LogP contribution >= 0.6 is 0 Å². The molecular formula is C16H22N4O3. The van der Waals surface area contributed by atoms with Crippen LogP contribution in [0.3, 0.4) is 0 Å². The SMILES string of the molecule is Cc1ccc(C(C(=O)NCCOc2nonc2C)N(C)C)cc1. The Balaban J connectivity index is 1.89. The van der Waals surface area contributed by atoms with Gasteiger partial charge in [0.05, 0.1) is 6.54 Å². The number of rotatable bonds is 7. The lowest BCUT2D eigenvalue weighted by atomic mass is 10.0. The van der Waals surface area contributed by atoms with Crippen molar-refractivity contribution in [3.05, 3.63) is 41.1 Å². The first-order chi connectivity index (χ1) is 11.0. The first-order valence-corrected chi connectivity index (χ1v) is 7.41. The second-order valence-corrected chi connectivity index (χ2v) is 5.57. The summed E-state index contributed by atoms with van der Waals surface area (Å²) in [5.41, 5.74) is 2.70. The molecule has 0 spiro atoms. The number of aromatic nitrogens is 2. The topological polar surface area (TPSA) is 80.5 Å². The lowest BCUT2D eigenvalue weighted by molar-refractivity contribution is -0.125. The van der Waals surface area contributed by atoms with E-state index < -0.39 is 0 Å². The van der Waals surface area contributed by atoms with Crippen LogP contribution in [0, 0.1) is 13.8 Å². The van der Waals surface area contributed by atoms with Crippen LogP contribution in [0.4, 0.5) is 0 Å². The largest absolute Gasteiger partial charge is 0.472 e. The second-order valence-electron chi connectivity index (χ2n) is 5.57. The van der Waals surface area contributed by atoms with Gasteiger partial charge >= 0.3 is 0 Å². The average molecular weight is 318 g/mol. The fourth-order valence-corrected chi connectivity index (χ4v) is 2.21. The van der Waals surface area contributed by atoms with Crippen LogP contribution in [0.1, 0.15) is 22.9 Å². The molecule has 2 rings (SSSR count). The van der Waals surface area contributed by atoms with Gasteiger partial charge in [-0.3, -0.25) is 9.69 Å². The number of nitrogens with zero attached hydrogens (tertiary/aromatic N) is 3. The van der Waals surface area contributed by atoms with Crippen LogP contribution in [-0.4, -0.2) is 48.4 Å². The Labute approximate surface area is 135 Å². The number of amides is 1. The minimum atomic E-state index is -0.342. The van der Waals surface area contributed by atoms with E-state index in [1.807, 2.05) is 50.2 Å². The van der Waals surface area contributed by atoms with Gasteiger partial charge in [-0.2, -0.15) is 0 Å². The summed E-state index contributed by atoms with van der Waals surface area (Å²) >= 11 is 0. The first-order valence-electron chi connectivity index (χ1n) is 7.41. The Morgan fingerprint density at radius 3 is 2.52 bits per heavy atom. The minimum Gasteiger partial charge on any atom is -0.472 e. The molecule has 7 heteroatoms. The van der Waals surface area contributed by atoms with Crippen molar-refractivity contribution in [1.82, 2.24) is 20.5 Å². The molecule has 1 heterocycles. The molecule has 0 fully saturated rings. The van der Waals surface area contributed by atoms with Crippen molar-refractivity contribution in [2.75, 3.05) is 27.2 Å². The highest BCUT2D eigenvalue weighted by molar-refractivity contribution is 5.83. The summed E-state index contributed by atoms with van der Waals surface area (Å²) in [6.45, 7) is 4.44. The third kappa shape index (κ3) is 4.53. The Kier molecular flexibility index (Phi) is 5.70. The number of nitrogens with one attached hydrogen (secondary N) is 1. The highest BCUT2D eigenvalue weighted by atomic mass is 16.6. The maximum absolute atomic E-state index is 12.4. The van der Waals surface area contributed by atoms with Gasteiger partial charge in [0, 0.05) is 0 Å². The standard InChI is InChI=1S/C16H22N4O3/c1-11-5-7-13(8-6-11)14(20(3)4)15(21)17-9-10-22-16-12(2)18-23-19-16/h5-8,14H,9-10H2,1-4H3,(H,17,21). The van der Waals surface area contributed by atoms with Crippen molar-refractivity contribution >= 4 is 5.91 Å². The number of carbonyl (C=O) groups is 1. The summed E-state index contributed by atoms with van der Waals surface area (Å²) in [4.78, 5) is 14.3. The number of benzene rings is 1. The maximum atomic E-state index is 12.4. The first kappa shape index (κ1) is 17.0. The van der Waals surface area contributed by atoms with Gasteiger partial charge in [-0.15, -0.1) is 0 Å². The van der Waals surface area contributed by atoms with Crippen LogP contribution in [0.25, 0.3) is 0 Å². The van der Waals surface area contributed by atoms with Crippen molar-refractivity contribution in [2.24, 2.45) is 0 Å². The fourth-order valence-electron chi connectivity index (χ4n) is 2.21. The van der Waals surface area contributed by atoms with E-state index in [2.05, 4.69) is 20.3 Å². The molecule has 1 amide bonds. The van der Waals surface area contributed by atoms with Gasteiger partial charge in [-0.1, -0.05) is 35.0 Å². The van der Waals surface area contributed by atoms with E-state index in [1.165, 1.54) is 0 Å². The molecule has 0 bridgehead atoms. The predicted octanol–water partition coefficient (Wildman–Crippen LogP) is 1.48. The molecule has 1 unspecified atom stereocenters. The van der Waals surface area contributed by atoms with Crippen LogP contribution in [0.5, 0.6) is 5.88 Å². The van der Waals surface area contributed by atoms with Gasteiger partial charge in [0.2, 0.25) is 5.91 Å². The van der Waals surface area contributed by atoms with Crippen LogP contribution in [0.15, 0.2) is 28.9 Å². The van der Waals surface area contributed by atoms with Gasteiger partial charge < -0.3 is 10.1 Å². The summed E-state index contributed by atoms with van der Waals surface area (Å²) < 4.78 is 9.93. The third-order valence-corrected chi connectivity index (χ3v) is 3.41. The molecule has 0 aliphatic heterocycles. The van der Waals surface area contributed by atoms with Crippen molar-refractivity contribution in [1.29, 1.82) is 0 Å². The zero-order valence-electron chi connectivity index (χ0n) is 13.9. The molecule has 124 valence electrons. The molecule has 7 nitrogen and oxygen atoms in total. The summed E-state index contributed by atoms with van der Waals surface area (Å²) in [5.74, 6) is 0.277. The van der Waals surface area contributed by atoms with Gasteiger partial charge in [0.15, 0.2) is 0 Å². The molecular weight excluding hydrogens is 296 g/mol. The summed E-state index contributed by atoms with van der Waals surface area (Å²) in [6.07, 6.45) is 0. The van der Waals surface area contributed by atoms with E-state index in [9.17, 15) is 4.79 Å². The van der Waals surface area contributed by atoms with E-state index in [-0.39, 0.29) is 11.9 Å². The molecule has 1 aromatic carbocycles. The molecule has 1 atom stereocenters. The van der Waals surface area contributed by atoms with Gasteiger partial charge in [-0.05, 0) is 38.7 Å². The molecule has 23 heavy (non-hydrogen) atoms. The Morgan fingerprint density at radius 1 is 1.26 bits per heavy atom. The van der Waals surface area contributed by atoms with E-state index in [0.29, 0.717) is 24.7 Å². The number of aryl methyl sites for hydroxylation is 2. The van der Waals surface area contributed by atoms with Crippen molar-refractivity contribution in [3.8, 4) is 5.88 Å². The quantitative estimate of drug-likeness (QED) is 0.779. The molecule has 0 radical (unpaired) electrons. The Morgan fingerprint density at radius 2 is 1.96 bits per heavy atom. The second kappa shape index (κ2) is 7.73. The molecule has 0 aliphatic carbocycles. The lowest BCUT2D eigenvalue weighted by Gasteiger charge is -2.24. The monoisotopic (exact) mass is 318 g/mol. The van der Waals surface area contributed by atoms with Crippen molar-refractivity contribution < 1.29 is 14.2 Å². The molecule has 1 aromatic heterocycles. The Bertz CT molecular complexity index is 637. The normalized spacial score (nSPS) is 12.2. The van der Waals surface area contributed by atoms with Gasteiger partial charge in [0.1, 0.15) is 18.3 Å². The molecule has 2 aromatic rings. The van der Waals surface area contributed by atoms with E-state index in [4.69, 9.17) is 4.74 Å². The van der Waals surface area contributed by atoms with Crippen molar-refractivity contribution in [2.45, 2.75) is 19.9 Å². The number of likely N-dealkylation sites (N-methyl/N-ethyl adjacent to an activating group) is 1. The molecule has 0 aliphatic rings. The Hall–Kier alpha value is -2.41. The van der Waals surface area contributed by atoms with Crippen LogP contribution in [0.2, 0.25) is 0 Å². The number of hydrogen-bond donors (Lipinski definition) is 1. The maximum Gasteiger partial charge on any atom is 0.278 e. The highest BCUT2D eigenvalue weighted by Gasteiger charge is 2.22. The van der Waals surface area contributed by atoms with Gasteiger partial charge in [-0.25, -0.2) is 4.63 Å². The minimum absolute atomic E-state index is 0.0718. The summed E-state index contributed by atoms with van der Waals surface area (Å²) in [5, 5.41) is 10.1. The molecule has 1 N–H and O–H groups in total. The lowest BCUT2D eigenvalue weighted by Crippen LogP contribution is -2.38. The molecule has 0 saturated carbocycles. The summed E-state index contributed by atoms with van der Waals surface area (Å²) in [6, 6.07) is 7.61. The number of hydrogen-bond acceptors (Lipinski definition) is 6. The van der Waals surface area contributed by atoms with E-state index >= 15 is 0 Å².